The predicted octanol–water partition coefficient (Wildman–Crippen LogP) is 4.37. The standard InChI is InChI=1S/C22H17ClF3N5O3/c1-13-19(27-12-30(13)10-14-5-7-16(23)8-6-14)20-29-31(21(33)34-20)11-18(32)28-17-4-2-3-15(9-17)22(24,25)26/h2-9,12H,10-11H2,1H3,(H,28,32). The van der Waals surface area contributed by atoms with Crippen molar-refractivity contribution in [3.63, 3.8) is 0 Å². The van der Waals surface area contributed by atoms with Crippen LogP contribution in [0.5, 0.6) is 0 Å². The molecule has 176 valence electrons. The summed E-state index contributed by atoms with van der Waals surface area (Å²) in [4.78, 5) is 28.7. The quantitative estimate of drug-likeness (QED) is 0.432. The van der Waals surface area contributed by atoms with Gasteiger partial charge in [0.25, 0.3) is 5.89 Å². The minimum atomic E-state index is -4.55. The SMILES string of the molecule is Cc1c(-c2nn(CC(=O)Nc3cccc(C(F)(F)F)c3)c(=O)o2)ncn1Cc1ccc(Cl)cc1. The fourth-order valence-electron chi connectivity index (χ4n) is 3.21. The number of imidazole rings is 1. The van der Waals surface area contributed by atoms with Gasteiger partial charge in [-0.05, 0) is 42.8 Å². The third kappa shape index (κ3) is 5.20. The summed E-state index contributed by atoms with van der Waals surface area (Å²) >= 11 is 5.91. The van der Waals surface area contributed by atoms with E-state index in [0.717, 1.165) is 22.4 Å². The molecule has 0 saturated carbocycles. The van der Waals surface area contributed by atoms with Gasteiger partial charge in [-0.2, -0.15) is 17.9 Å². The minimum absolute atomic E-state index is 0.0617. The van der Waals surface area contributed by atoms with E-state index in [1.165, 1.54) is 12.1 Å². The van der Waals surface area contributed by atoms with Gasteiger partial charge in [-0.15, -0.1) is 5.10 Å². The number of nitrogens with zero attached hydrogens (tertiary/aromatic N) is 4. The Morgan fingerprint density at radius 2 is 1.91 bits per heavy atom. The molecule has 2 heterocycles. The van der Waals surface area contributed by atoms with Gasteiger partial charge in [0.15, 0.2) is 0 Å². The number of carbonyl (C=O) groups is 1. The van der Waals surface area contributed by atoms with E-state index in [2.05, 4.69) is 15.4 Å². The Kier molecular flexibility index (Phi) is 6.29. The zero-order valence-electron chi connectivity index (χ0n) is 17.6. The van der Waals surface area contributed by atoms with Gasteiger partial charge >= 0.3 is 11.9 Å². The average molecular weight is 492 g/mol. The molecule has 4 rings (SSSR count). The van der Waals surface area contributed by atoms with E-state index < -0.39 is 29.9 Å². The number of rotatable bonds is 6. The molecule has 12 heteroatoms. The number of aromatic nitrogens is 4. The smallest absolute Gasteiger partial charge is 0.386 e. The minimum Gasteiger partial charge on any atom is -0.386 e. The molecule has 0 fully saturated rings. The fourth-order valence-corrected chi connectivity index (χ4v) is 3.34. The highest BCUT2D eigenvalue weighted by Crippen LogP contribution is 2.30. The van der Waals surface area contributed by atoms with Crippen molar-refractivity contribution < 1.29 is 22.4 Å². The highest BCUT2D eigenvalue weighted by atomic mass is 35.5. The van der Waals surface area contributed by atoms with Gasteiger partial charge in [0.2, 0.25) is 5.91 Å². The Morgan fingerprint density at radius 1 is 1.18 bits per heavy atom. The molecular weight excluding hydrogens is 475 g/mol. The van der Waals surface area contributed by atoms with Crippen LogP contribution in [0.25, 0.3) is 11.6 Å². The molecule has 8 nitrogen and oxygen atoms in total. The van der Waals surface area contributed by atoms with Gasteiger partial charge in [-0.1, -0.05) is 29.8 Å². The van der Waals surface area contributed by atoms with Crippen molar-refractivity contribution in [2.24, 2.45) is 0 Å². The molecule has 0 aliphatic rings. The predicted molar refractivity (Wildman–Crippen MR) is 117 cm³/mol. The van der Waals surface area contributed by atoms with Crippen LogP contribution < -0.4 is 11.1 Å². The number of hydrogen-bond acceptors (Lipinski definition) is 5. The summed E-state index contributed by atoms with van der Waals surface area (Å²) in [5.74, 6) is -1.73. The molecule has 0 aliphatic heterocycles. The Bertz CT molecular complexity index is 1390. The topological polar surface area (TPSA) is 94.9 Å². The van der Waals surface area contributed by atoms with Gasteiger partial charge in [-0.3, -0.25) is 4.79 Å². The largest absolute Gasteiger partial charge is 0.437 e. The van der Waals surface area contributed by atoms with Crippen molar-refractivity contribution >= 4 is 23.2 Å². The molecular formula is C22H17ClF3N5O3. The summed E-state index contributed by atoms with van der Waals surface area (Å²) < 4.78 is 46.3. The lowest BCUT2D eigenvalue weighted by Crippen LogP contribution is -2.26. The first-order valence-corrected chi connectivity index (χ1v) is 10.3. The number of amides is 1. The number of alkyl halides is 3. The van der Waals surface area contributed by atoms with Crippen LogP contribution in [0.3, 0.4) is 0 Å². The lowest BCUT2D eigenvalue weighted by atomic mass is 10.2. The highest BCUT2D eigenvalue weighted by Gasteiger charge is 2.30. The Morgan fingerprint density at radius 3 is 2.62 bits per heavy atom. The van der Waals surface area contributed by atoms with Gasteiger partial charge in [-0.25, -0.2) is 9.78 Å². The Labute approximate surface area is 195 Å². The molecule has 0 saturated heterocycles. The zero-order chi connectivity index (χ0) is 24.5. The average Bonchev–Trinajstić information content (AvgIpc) is 3.31. The molecule has 0 bridgehead atoms. The summed E-state index contributed by atoms with van der Waals surface area (Å²) in [7, 11) is 0. The van der Waals surface area contributed by atoms with Crippen molar-refractivity contribution in [3.05, 3.63) is 87.3 Å². The molecule has 4 aromatic rings. The molecule has 2 aromatic heterocycles. The second-order valence-corrected chi connectivity index (χ2v) is 7.83. The lowest BCUT2D eigenvalue weighted by Gasteiger charge is -2.09. The van der Waals surface area contributed by atoms with E-state index >= 15 is 0 Å². The zero-order valence-corrected chi connectivity index (χ0v) is 18.4. The monoisotopic (exact) mass is 491 g/mol. The first-order valence-electron chi connectivity index (χ1n) is 9.92. The number of anilines is 1. The maximum Gasteiger partial charge on any atom is 0.437 e. The second kappa shape index (κ2) is 9.18. The molecule has 0 unspecified atom stereocenters. The van der Waals surface area contributed by atoms with E-state index in [9.17, 15) is 22.8 Å². The van der Waals surface area contributed by atoms with Crippen LogP contribution in [-0.4, -0.2) is 25.2 Å². The number of halogens is 4. The van der Waals surface area contributed by atoms with Gasteiger partial charge in [0.05, 0.1) is 11.9 Å². The number of nitrogens with one attached hydrogen (secondary N) is 1. The molecule has 0 aliphatic carbocycles. The van der Waals surface area contributed by atoms with Crippen LogP contribution in [0.15, 0.2) is 64.1 Å². The Hall–Kier alpha value is -3.86. The molecule has 2 aromatic carbocycles. The molecule has 1 N–H and O–H groups in total. The maximum atomic E-state index is 12.8. The molecule has 34 heavy (non-hydrogen) atoms. The van der Waals surface area contributed by atoms with Crippen LogP contribution in [0.4, 0.5) is 18.9 Å². The van der Waals surface area contributed by atoms with Crippen molar-refractivity contribution in [2.75, 3.05) is 5.32 Å². The first-order chi connectivity index (χ1) is 16.1. The number of carbonyl (C=O) groups excluding carboxylic acids is 1. The van der Waals surface area contributed by atoms with Gasteiger partial charge in [0, 0.05) is 22.9 Å². The molecule has 0 radical (unpaired) electrons. The van der Waals surface area contributed by atoms with E-state index in [4.69, 9.17) is 16.0 Å². The van der Waals surface area contributed by atoms with Crippen molar-refractivity contribution in [1.29, 1.82) is 0 Å². The van der Waals surface area contributed by atoms with E-state index in [1.54, 1.807) is 25.4 Å². The third-order valence-electron chi connectivity index (χ3n) is 4.94. The summed E-state index contributed by atoms with van der Waals surface area (Å²) in [5.41, 5.74) is 1.01. The second-order valence-electron chi connectivity index (χ2n) is 7.39. The molecule has 0 atom stereocenters. The van der Waals surface area contributed by atoms with Crippen molar-refractivity contribution in [1.82, 2.24) is 19.3 Å². The van der Waals surface area contributed by atoms with Crippen LogP contribution in [-0.2, 0) is 24.1 Å². The summed E-state index contributed by atoms with van der Waals surface area (Å²) in [5, 5.41) is 6.95. The number of benzene rings is 2. The van der Waals surface area contributed by atoms with Crippen molar-refractivity contribution in [2.45, 2.75) is 26.2 Å². The van der Waals surface area contributed by atoms with Crippen molar-refractivity contribution in [3.8, 4) is 11.6 Å². The number of hydrogen-bond donors (Lipinski definition) is 1. The summed E-state index contributed by atoms with van der Waals surface area (Å²) in [6, 6.07) is 11.5. The van der Waals surface area contributed by atoms with Crippen LogP contribution in [0, 0.1) is 6.92 Å². The lowest BCUT2D eigenvalue weighted by molar-refractivity contribution is -0.137. The van der Waals surface area contributed by atoms with Gasteiger partial charge < -0.3 is 14.3 Å². The summed E-state index contributed by atoms with van der Waals surface area (Å²) in [6.07, 6.45) is -2.98. The van der Waals surface area contributed by atoms with Crippen LogP contribution in [0.2, 0.25) is 5.02 Å². The van der Waals surface area contributed by atoms with Crippen LogP contribution >= 0.6 is 11.6 Å². The summed E-state index contributed by atoms with van der Waals surface area (Å²) in [6.45, 7) is 1.72. The Balaban J connectivity index is 1.48. The highest BCUT2D eigenvalue weighted by molar-refractivity contribution is 6.30. The normalized spacial score (nSPS) is 11.6. The molecule has 1 amide bonds. The van der Waals surface area contributed by atoms with E-state index in [1.807, 2.05) is 16.7 Å². The maximum absolute atomic E-state index is 12.8. The van der Waals surface area contributed by atoms with E-state index in [-0.39, 0.29) is 11.6 Å². The fraction of sp³-hybridized carbons (Fsp3) is 0.182. The third-order valence-corrected chi connectivity index (χ3v) is 5.19. The molecule has 0 spiro atoms. The van der Waals surface area contributed by atoms with Crippen LogP contribution in [0.1, 0.15) is 16.8 Å². The van der Waals surface area contributed by atoms with E-state index in [0.29, 0.717) is 23.0 Å². The van der Waals surface area contributed by atoms with Gasteiger partial charge in [0.1, 0.15) is 12.2 Å². The first kappa shape index (κ1) is 23.3.